The number of anilines is 2. The number of hydrogen-bond acceptors (Lipinski definition) is 4. The molecular formula is C13H15N5O2. The van der Waals surface area contributed by atoms with Gasteiger partial charge in [0, 0.05) is 17.4 Å². The lowest BCUT2D eigenvalue weighted by Gasteiger charge is -2.05. The maximum absolute atomic E-state index is 12.0. The first-order valence-electron chi connectivity index (χ1n) is 5.94. The Morgan fingerprint density at radius 2 is 2.15 bits per heavy atom. The number of rotatable bonds is 4. The summed E-state index contributed by atoms with van der Waals surface area (Å²) < 4.78 is 1.35. The van der Waals surface area contributed by atoms with Crippen molar-refractivity contribution in [1.29, 1.82) is 0 Å². The summed E-state index contributed by atoms with van der Waals surface area (Å²) in [6.07, 6.45) is 2.97. The normalized spacial score (nSPS) is 10.2. The third-order valence-corrected chi connectivity index (χ3v) is 2.75. The van der Waals surface area contributed by atoms with Crippen LogP contribution in [0.25, 0.3) is 0 Å². The van der Waals surface area contributed by atoms with Crippen LogP contribution in [0, 0.1) is 6.92 Å². The molecule has 1 heterocycles. The highest BCUT2D eigenvalue weighted by atomic mass is 16.2. The van der Waals surface area contributed by atoms with E-state index in [1.54, 1.807) is 18.2 Å². The van der Waals surface area contributed by atoms with E-state index in [1.165, 1.54) is 17.1 Å². The Morgan fingerprint density at radius 3 is 2.80 bits per heavy atom. The zero-order valence-corrected chi connectivity index (χ0v) is 11.0. The molecule has 0 aliphatic carbocycles. The molecule has 2 amide bonds. The van der Waals surface area contributed by atoms with Crippen LogP contribution in [0.2, 0.25) is 0 Å². The Kier molecular flexibility index (Phi) is 3.69. The van der Waals surface area contributed by atoms with Crippen LogP contribution in [0.5, 0.6) is 0 Å². The third-order valence-electron chi connectivity index (χ3n) is 2.75. The van der Waals surface area contributed by atoms with Gasteiger partial charge in [0.15, 0.2) is 0 Å². The predicted octanol–water partition coefficient (Wildman–Crippen LogP) is 0.511. The summed E-state index contributed by atoms with van der Waals surface area (Å²) in [5.41, 5.74) is 13.2. The van der Waals surface area contributed by atoms with Crippen LogP contribution in [0.4, 0.5) is 11.4 Å². The average Bonchev–Trinajstić information content (AvgIpc) is 2.79. The average molecular weight is 273 g/mol. The number of amides is 2. The lowest BCUT2D eigenvalue weighted by molar-refractivity contribution is -0.118. The molecule has 0 aliphatic heterocycles. The van der Waals surface area contributed by atoms with Crippen LogP contribution < -0.4 is 16.8 Å². The molecule has 20 heavy (non-hydrogen) atoms. The van der Waals surface area contributed by atoms with Gasteiger partial charge in [0.05, 0.1) is 11.9 Å². The number of nitrogens with one attached hydrogen (secondary N) is 1. The van der Waals surface area contributed by atoms with Gasteiger partial charge >= 0.3 is 0 Å². The Morgan fingerprint density at radius 1 is 1.40 bits per heavy atom. The van der Waals surface area contributed by atoms with Crippen molar-refractivity contribution in [3.05, 3.63) is 41.7 Å². The fraction of sp³-hybridized carbons (Fsp3) is 0.154. The molecule has 0 aliphatic rings. The summed E-state index contributed by atoms with van der Waals surface area (Å²) in [5, 5.41) is 6.58. The van der Waals surface area contributed by atoms with E-state index < -0.39 is 5.91 Å². The van der Waals surface area contributed by atoms with E-state index in [4.69, 9.17) is 11.5 Å². The molecule has 104 valence electrons. The predicted molar refractivity (Wildman–Crippen MR) is 75.0 cm³/mol. The number of hydrogen-bond donors (Lipinski definition) is 3. The number of nitrogens with zero attached hydrogens (tertiary/aromatic N) is 2. The van der Waals surface area contributed by atoms with E-state index in [9.17, 15) is 9.59 Å². The number of primary amides is 1. The van der Waals surface area contributed by atoms with Crippen molar-refractivity contribution < 1.29 is 9.59 Å². The number of aryl methyl sites for hydroxylation is 1. The number of carbonyl (C=O) groups is 2. The molecule has 0 bridgehead atoms. The molecule has 0 spiro atoms. The zero-order valence-electron chi connectivity index (χ0n) is 11.0. The van der Waals surface area contributed by atoms with Gasteiger partial charge in [0.1, 0.15) is 6.54 Å². The van der Waals surface area contributed by atoms with Crippen molar-refractivity contribution in [1.82, 2.24) is 9.78 Å². The molecule has 1 aromatic carbocycles. The van der Waals surface area contributed by atoms with Gasteiger partial charge in [-0.15, -0.1) is 0 Å². The smallest absolute Gasteiger partial charge is 0.255 e. The van der Waals surface area contributed by atoms with Gasteiger partial charge in [0.2, 0.25) is 5.91 Å². The van der Waals surface area contributed by atoms with Crippen LogP contribution in [-0.4, -0.2) is 21.6 Å². The van der Waals surface area contributed by atoms with E-state index in [-0.39, 0.29) is 12.5 Å². The minimum absolute atomic E-state index is 0.0344. The van der Waals surface area contributed by atoms with Gasteiger partial charge in [-0.1, -0.05) is 6.07 Å². The van der Waals surface area contributed by atoms with Crippen LogP contribution in [0.1, 0.15) is 15.9 Å². The highest BCUT2D eigenvalue weighted by Gasteiger charge is 2.09. The zero-order chi connectivity index (χ0) is 14.7. The number of carbonyl (C=O) groups excluding carboxylic acids is 2. The first-order chi connectivity index (χ1) is 9.45. The van der Waals surface area contributed by atoms with Crippen LogP contribution in [-0.2, 0) is 11.3 Å². The highest BCUT2D eigenvalue weighted by Crippen LogP contribution is 2.14. The SMILES string of the molecule is Cc1ccc(C(=O)Nc2cnn(CC(N)=O)c2)cc1N. The molecule has 1 aromatic heterocycles. The second-order valence-corrected chi connectivity index (χ2v) is 4.42. The Balaban J connectivity index is 2.09. The lowest BCUT2D eigenvalue weighted by atomic mass is 10.1. The third kappa shape index (κ3) is 3.14. The van der Waals surface area contributed by atoms with E-state index in [0.29, 0.717) is 16.9 Å². The van der Waals surface area contributed by atoms with Crippen molar-refractivity contribution in [2.45, 2.75) is 13.5 Å². The molecule has 0 saturated carbocycles. The molecule has 0 unspecified atom stereocenters. The first-order valence-corrected chi connectivity index (χ1v) is 5.94. The van der Waals surface area contributed by atoms with Crippen LogP contribution in [0.15, 0.2) is 30.6 Å². The largest absolute Gasteiger partial charge is 0.398 e. The summed E-state index contributed by atoms with van der Waals surface area (Å²) in [7, 11) is 0. The second kappa shape index (κ2) is 5.43. The number of aromatic nitrogens is 2. The van der Waals surface area contributed by atoms with E-state index in [2.05, 4.69) is 10.4 Å². The number of benzene rings is 1. The van der Waals surface area contributed by atoms with Gasteiger partial charge < -0.3 is 16.8 Å². The molecule has 5 N–H and O–H groups in total. The summed E-state index contributed by atoms with van der Waals surface area (Å²) in [5.74, 6) is -0.799. The molecule has 2 aromatic rings. The van der Waals surface area contributed by atoms with Crippen molar-refractivity contribution >= 4 is 23.2 Å². The van der Waals surface area contributed by atoms with Crippen molar-refractivity contribution in [2.75, 3.05) is 11.1 Å². The summed E-state index contributed by atoms with van der Waals surface area (Å²) in [4.78, 5) is 22.8. The van der Waals surface area contributed by atoms with E-state index in [0.717, 1.165) is 5.56 Å². The van der Waals surface area contributed by atoms with Gasteiger partial charge in [-0.3, -0.25) is 14.3 Å². The Bertz CT molecular complexity index is 663. The molecule has 0 fully saturated rings. The van der Waals surface area contributed by atoms with E-state index >= 15 is 0 Å². The van der Waals surface area contributed by atoms with Gasteiger partial charge in [0.25, 0.3) is 5.91 Å². The fourth-order valence-electron chi connectivity index (χ4n) is 1.66. The summed E-state index contributed by atoms with van der Waals surface area (Å²) >= 11 is 0. The standard InChI is InChI=1S/C13H15N5O2/c1-8-2-3-9(4-11(8)14)13(20)17-10-5-16-18(6-10)7-12(15)19/h2-6H,7,14H2,1H3,(H2,15,19)(H,17,20). The van der Waals surface area contributed by atoms with Crippen molar-refractivity contribution in [2.24, 2.45) is 5.73 Å². The molecule has 7 heteroatoms. The molecule has 0 saturated heterocycles. The van der Waals surface area contributed by atoms with Gasteiger partial charge in [-0.25, -0.2) is 0 Å². The van der Waals surface area contributed by atoms with Crippen LogP contribution in [0.3, 0.4) is 0 Å². The van der Waals surface area contributed by atoms with Crippen LogP contribution >= 0.6 is 0 Å². The maximum atomic E-state index is 12.0. The first kappa shape index (κ1) is 13.6. The summed E-state index contributed by atoms with van der Waals surface area (Å²) in [6, 6.07) is 5.08. The van der Waals surface area contributed by atoms with Gasteiger partial charge in [-0.05, 0) is 24.6 Å². The van der Waals surface area contributed by atoms with Crippen molar-refractivity contribution in [3.63, 3.8) is 0 Å². The summed E-state index contributed by atoms with van der Waals surface area (Å²) in [6.45, 7) is 1.83. The lowest BCUT2D eigenvalue weighted by Crippen LogP contribution is -2.18. The molecule has 2 rings (SSSR count). The quantitative estimate of drug-likeness (QED) is 0.704. The minimum atomic E-state index is -0.503. The maximum Gasteiger partial charge on any atom is 0.255 e. The van der Waals surface area contributed by atoms with Crippen molar-refractivity contribution in [3.8, 4) is 0 Å². The molecule has 0 radical (unpaired) electrons. The Labute approximate surface area is 115 Å². The fourth-order valence-corrected chi connectivity index (χ4v) is 1.66. The monoisotopic (exact) mass is 273 g/mol. The second-order valence-electron chi connectivity index (χ2n) is 4.42. The number of nitrogen functional groups attached to an aromatic ring is 1. The molecule has 7 nitrogen and oxygen atoms in total. The minimum Gasteiger partial charge on any atom is -0.398 e. The van der Waals surface area contributed by atoms with Gasteiger partial charge in [-0.2, -0.15) is 5.10 Å². The molecular weight excluding hydrogens is 258 g/mol. The highest BCUT2D eigenvalue weighted by molar-refractivity contribution is 6.04. The van der Waals surface area contributed by atoms with E-state index in [1.807, 2.05) is 6.92 Å². The molecule has 0 atom stereocenters. The number of nitrogens with two attached hydrogens (primary N) is 2. The topological polar surface area (TPSA) is 116 Å². The Hall–Kier alpha value is -2.83.